The molecule has 6 nitrogen and oxygen atoms in total. The molecule has 0 spiro atoms. The van der Waals surface area contributed by atoms with Crippen molar-refractivity contribution in [1.29, 1.82) is 0 Å². The number of amides is 1. The molecule has 28 heavy (non-hydrogen) atoms. The van der Waals surface area contributed by atoms with Gasteiger partial charge in [-0.15, -0.1) is 0 Å². The van der Waals surface area contributed by atoms with E-state index < -0.39 is 15.9 Å². The molecule has 1 fully saturated rings. The van der Waals surface area contributed by atoms with Gasteiger partial charge in [-0.2, -0.15) is 4.31 Å². The molecule has 1 saturated heterocycles. The first-order valence-corrected chi connectivity index (χ1v) is 10.7. The van der Waals surface area contributed by atoms with Gasteiger partial charge in [-0.05, 0) is 43.2 Å². The van der Waals surface area contributed by atoms with E-state index in [-0.39, 0.29) is 10.5 Å². The fourth-order valence-corrected chi connectivity index (χ4v) is 5.11. The number of benzene rings is 2. The first-order valence-electron chi connectivity index (χ1n) is 8.91. The smallest absolute Gasteiger partial charge is 0.255 e. The minimum absolute atomic E-state index is 0.129. The molecule has 4 rings (SSSR count). The number of rotatable bonds is 4. The van der Waals surface area contributed by atoms with Crippen LogP contribution in [0, 0.1) is 0 Å². The van der Waals surface area contributed by atoms with Crippen LogP contribution in [-0.4, -0.2) is 36.7 Å². The summed E-state index contributed by atoms with van der Waals surface area (Å²) in [7, 11) is -3.58. The molecule has 8 heteroatoms. The number of aromatic nitrogens is 1. The number of hydrogen-bond acceptors (Lipinski definition) is 4. The summed E-state index contributed by atoms with van der Waals surface area (Å²) >= 11 is 6.17. The van der Waals surface area contributed by atoms with Crippen LogP contribution in [-0.2, 0) is 10.0 Å². The number of para-hydroxylation sites is 1. The largest absolute Gasteiger partial charge is 0.321 e. The second-order valence-electron chi connectivity index (χ2n) is 6.59. The van der Waals surface area contributed by atoms with Gasteiger partial charge in [0.25, 0.3) is 5.91 Å². The minimum Gasteiger partial charge on any atom is -0.321 e. The Morgan fingerprint density at radius 1 is 1.07 bits per heavy atom. The normalized spacial score (nSPS) is 15.0. The maximum absolute atomic E-state index is 12.8. The lowest BCUT2D eigenvalue weighted by Gasteiger charge is -2.16. The van der Waals surface area contributed by atoms with Crippen LogP contribution in [0.25, 0.3) is 10.9 Å². The molecule has 0 unspecified atom stereocenters. The van der Waals surface area contributed by atoms with Gasteiger partial charge in [-0.1, -0.05) is 29.8 Å². The van der Waals surface area contributed by atoms with Crippen molar-refractivity contribution in [3.63, 3.8) is 0 Å². The van der Waals surface area contributed by atoms with Crippen LogP contribution in [0.5, 0.6) is 0 Å². The van der Waals surface area contributed by atoms with Crippen molar-refractivity contribution in [2.45, 2.75) is 17.7 Å². The average molecular weight is 416 g/mol. The molecule has 0 atom stereocenters. The SMILES string of the molecule is O=C(Nc1ccnc2c(Cl)cccc12)c1cccc(S(=O)(=O)N2CCCC2)c1. The van der Waals surface area contributed by atoms with Gasteiger partial charge in [0, 0.05) is 30.2 Å². The fourth-order valence-electron chi connectivity index (χ4n) is 3.32. The van der Waals surface area contributed by atoms with Gasteiger partial charge in [-0.25, -0.2) is 8.42 Å². The number of nitrogens with one attached hydrogen (secondary N) is 1. The lowest BCUT2D eigenvalue weighted by Crippen LogP contribution is -2.28. The summed E-state index contributed by atoms with van der Waals surface area (Å²) in [6.45, 7) is 1.03. The second kappa shape index (κ2) is 7.50. The van der Waals surface area contributed by atoms with Crippen molar-refractivity contribution in [1.82, 2.24) is 9.29 Å². The van der Waals surface area contributed by atoms with Crippen LogP contribution in [0.1, 0.15) is 23.2 Å². The topological polar surface area (TPSA) is 79.4 Å². The first kappa shape index (κ1) is 18.9. The molecule has 144 valence electrons. The van der Waals surface area contributed by atoms with Gasteiger partial charge >= 0.3 is 0 Å². The van der Waals surface area contributed by atoms with Crippen LogP contribution < -0.4 is 5.32 Å². The van der Waals surface area contributed by atoms with Gasteiger partial charge in [0.05, 0.1) is 21.1 Å². The Morgan fingerprint density at radius 2 is 1.82 bits per heavy atom. The van der Waals surface area contributed by atoms with E-state index in [0.717, 1.165) is 12.8 Å². The van der Waals surface area contributed by atoms with Crippen molar-refractivity contribution in [2.75, 3.05) is 18.4 Å². The van der Waals surface area contributed by atoms with Gasteiger partial charge in [0.15, 0.2) is 0 Å². The Labute approximate surface area is 168 Å². The minimum atomic E-state index is -3.58. The zero-order valence-electron chi connectivity index (χ0n) is 14.9. The molecular formula is C20H18ClN3O3S. The Balaban J connectivity index is 1.64. The highest BCUT2D eigenvalue weighted by atomic mass is 35.5. The zero-order chi connectivity index (χ0) is 19.7. The molecule has 1 aliphatic heterocycles. The zero-order valence-corrected chi connectivity index (χ0v) is 16.5. The summed E-state index contributed by atoms with van der Waals surface area (Å²) in [5.74, 6) is -0.397. The summed E-state index contributed by atoms with van der Waals surface area (Å²) < 4.78 is 27.0. The lowest BCUT2D eigenvalue weighted by molar-refractivity contribution is 0.102. The Kier molecular flexibility index (Phi) is 5.05. The van der Waals surface area contributed by atoms with Crippen LogP contribution in [0.2, 0.25) is 5.02 Å². The fraction of sp³-hybridized carbons (Fsp3) is 0.200. The third kappa shape index (κ3) is 3.48. The average Bonchev–Trinajstić information content (AvgIpc) is 3.25. The lowest BCUT2D eigenvalue weighted by atomic mass is 10.1. The second-order valence-corrected chi connectivity index (χ2v) is 8.93. The number of pyridine rings is 1. The van der Waals surface area contributed by atoms with Gasteiger partial charge < -0.3 is 5.32 Å². The monoisotopic (exact) mass is 415 g/mol. The maximum atomic E-state index is 12.8. The van der Waals surface area contributed by atoms with Crippen LogP contribution >= 0.6 is 11.6 Å². The number of sulfonamides is 1. The standard InChI is InChI=1S/C20H18ClN3O3S/c21-17-8-4-7-16-18(9-10-22-19(16)17)23-20(25)14-5-3-6-15(13-14)28(26,27)24-11-1-2-12-24/h3-10,13H,1-2,11-12H2,(H,22,23,25). The van der Waals surface area contributed by atoms with Crippen molar-refractivity contribution < 1.29 is 13.2 Å². The number of carbonyl (C=O) groups is 1. The molecule has 3 aromatic rings. The molecule has 1 amide bonds. The number of anilines is 1. The molecule has 0 radical (unpaired) electrons. The van der Waals surface area contributed by atoms with E-state index in [1.807, 2.05) is 6.07 Å². The quantitative estimate of drug-likeness (QED) is 0.700. The van der Waals surface area contributed by atoms with E-state index >= 15 is 0 Å². The molecule has 1 N–H and O–H groups in total. The maximum Gasteiger partial charge on any atom is 0.255 e. The Hall–Kier alpha value is -2.48. The number of halogens is 1. The van der Waals surface area contributed by atoms with Crippen LogP contribution in [0.3, 0.4) is 0 Å². The number of carbonyl (C=O) groups excluding carboxylic acids is 1. The van der Waals surface area contributed by atoms with Crippen molar-refractivity contribution >= 4 is 44.1 Å². The molecule has 1 aromatic heterocycles. The molecule has 1 aliphatic rings. The summed E-state index contributed by atoms with van der Waals surface area (Å²) in [5, 5.41) is 4.04. The highest BCUT2D eigenvalue weighted by Gasteiger charge is 2.27. The van der Waals surface area contributed by atoms with E-state index in [2.05, 4.69) is 10.3 Å². The summed E-state index contributed by atoms with van der Waals surface area (Å²) in [6, 6.07) is 13.1. The predicted molar refractivity (Wildman–Crippen MR) is 109 cm³/mol. The van der Waals surface area contributed by atoms with Crippen LogP contribution in [0.4, 0.5) is 5.69 Å². The first-order chi connectivity index (χ1) is 13.5. The van der Waals surface area contributed by atoms with Crippen molar-refractivity contribution in [3.05, 3.63) is 65.3 Å². The third-order valence-electron chi connectivity index (χ3n) is 4.77. The number of hydrogen-bond donors (Lipinski definition) is 1. The Morgan fingerprint density at radius 3 is 2.61 bits per heavy atom. The molecule has 2 heterocycles. The van der Waals surface area contributed by atoms with E-state index in [1.165, 1.54) is 16.4 Å². The highest BCUT2D eigenvalue weighted by Crippen LogP contribution is 2.28. The molecule has 0 saturated carbocycles. The van der Waals surface area contributed by atoms with E-state index in [9.17, 15) is 13.2 Å². The van der Waals surface area contributed by atoms with Crippen molar-refractivity contribution in [3.8, 4) is 0 Å². The van der Waals surface area contributed by atoms with Crippen LogP contribution in [0.15, 0.2) is 59.6 Å². The van der Waals surface area contributed by atoms with Gasteiger partial charge in [0.2, 0.25) is 10.0 Å². The third-order valence-corrected chi connectivity index (χ3v) is 6.97. The van der Waals surface area contributed by atoms with Gasteiger partial charge in [-0.3, -0.25) is 9.78 Å². The van der Waals surface area contributed by atoms with Gasteiger partial charge in [0.1, 0.15) is 0 Å². The Bertz CT molecular complexity index is 1160. The number of nitrogens with zero attached hydrogens (tertiary/aromatic N) is 2. The summed E-state index contributed by atoms with van der Waals surface area (Å²) in [6.07, 6.45) is 3.28. The van der Waals surface area contributed by atoms with E-state index in [0.29, 0.717) is 34.7 Å². The molecule has 0 bridgehead atoms. The molecule has 2 aromatic carbocycles. The van der Waals surface area contributed by atoms with Crippen molar-refractivity contribution in [2.24, 2.45) is 0 Å². The summed E-state index contributed by atoms with van der Waals surface area (Å²) in [4.78, 5) is 17.1. The van der Waals surface area contributed by atoms with E-state index in [1.54, 1.807) is 36.5 Å². The summed E-state index contributed by atoms with van der Waals surface area (Å²) in [5.41, 5.74) is 1.42. The number of fused-ring (bicyclic) bond motifs is 1. The van der Waals surface area contributed by atoms with E-state index in [4.69, 9.17) is 11.6 Å². The highest BCUT2D eigenvalue weighted by molar-refractivity contribution is 7.89. The predicted octanol–water partition coefficient (Wildman–Crippen LogP) is 3.93. The molecular weight excluding hydrogens is 398 g/mol. The molecule has 0 aliphatic carbocycles.